The maximum absolute atomic E-state index is 13.4. The van der Waals surface area contributed by atoms with Gasteiger partial charge in [0, 0.05) is 31.9 Å². The van der Waals surface area contributed by atoms with Crippen molar-refractivity contribution in [3.05, 3.63) is 81.1 Å². The van der Waals surface area contributed by atoms with Gasteiger partial charge < -0.3 is 16.4 Å². The van der Waals surface area contributed by atoms with Crippen LogP contribution in [0.5, 0.6) is 0 Å². The van der Waals surface area contributed by atoms with Gasteiger partial charge in [0.1, 0.15) is 4.21 Å². The van der Waals surface area contributed by atoms with E-state index >= 15 is 0 Å². The van der Waals surface area contributed by atoms with Crippen LogP contribution < -0.4 is 16.4 Å². The van der Waals surface area contributed by atoms with Gasteiger partial charge >= 0.3 is 6.03 Å². The van der Waals surface area contributed by atoms with E-state index in [1.807, 2.05) is 24.3 Å². The summed E-state index contributed by atoms with van der Waals surface area (Å²) >= 11 is 13.0. The first kappa shape index (κ1) is 26.4. The minimum Gasteiger partial charge on any atom is -0.349 e. The minimum absolute atomic E-state index is 0.0124. The maximum atomic E-state index is 13.4. The smallest absolute Gasteiger partial charge is 0.323 e. The number of hydrogen-bond acceptors (Lipinski definition) is 6. The van der Waals surface area contributed by atoms with E-state index in [2.05, 4.69) is 10.6 Å². The van der Waals surface area contributed by atoms with E-state index in [0.29, 0.717) is 17.3 Å². The van der Waals surface area contributed by atoms with Crippen molar-refractivity contribution in [2.45, 2.75) is 23.5 Å². The highest BCUT2D eigenvalue weighted by atomic mass is 35.5. The zero-order valence-corrected chi connectivity index (χ0v) is 22.0. The third kappa shape index (κ3) is 5.66. The third-order valence-electron chi connectivity index (χ3n) is 5.55. The molecule has 0 aliphatic carbocycles. The number of thiophene rings is 1. The van der Waals surface area contributed by atoms with Crippen molar-refractivity contribution < 1.29 is 18.0 Å². The fraction of sp³-hybridized carbons (Fsp3) is 0.217. The molecule has 2 aromatic carbocycles. The van der Waals surface area contributed by atoms with Gasteiger partial charge in [0.05, 0.1) is 10.0 Å². The molecule has 1 fully saturated rings. The van der Waals surface area contributed by atoms with Crippen LogP contribution in [0.3, 0.4) is 0 Å². The average Bonchev–Trinajstić information content (AvgIpc) is 3.56. The topological polar surface area (TPSA) is 125 Å². The molecule has 4 N–H and O–H groups in total. The van der Waals surface area contributed by atoms with Crippen molar-refractivity contribution in [2.75, 3.05) is 18.4 Å². The number of anilines is 1. The van der Waals surface area contributed by atoms with Crippen molar-refractivity contribution in [3.8, 4) is 0 Å². The van der Waals surface area contributed by atoms with Gasteiger partial charge in [-0.2, -0.15) is 4.31 Å². The van der Waals surface area contributed by atoms with E-state index in [-0.39, 0.29) is 28.9 Å². The number of urea groups is 1. The van der Waals surface area contributed by atoms with E-state index in [1.165, 1.54) is 23.1 Å². The van der Waals surface area contributed by atoms with Crippen LogP contribution in [0.4, 0.5) is 10.5 Å². The second-order valence-electron chi connectivity index (χ2n) is 7.92. The number of amides is 3. The monoisotopic (exact) mass is 567 g/mol. The summed E-state index contributed by atoms with van der Waals surface area (Å²) in [7, 11) is -4.02. The van der Waals surface area contributed by atoms with Gasteiger partial charge in [-0.15, -0.1) is 11.3 Å². The number of benzene rings is 2. The SMILES string of the molecule is NCc1cccc(CNC(=O)C2N(C(=O)Nc3ccc(Cl)c(Cl)c3)CCN2S(=O)(=O)c2cccs2)c1. The molecule has 1 unspecified atom stereocenters. The molecule has 0 saturated carbocycles. The molecule has 0 spiro atoms. The summed E-state index contributed by atoms with van der Waals surface area (Å²) < 4.78 is 27.8. The Balaban J connectivity index is 1.59. The molecule has 9 nitrogen and oxygen atoms in total. The molecule has 36 heavy (non-hydrogen) atoms. The number of halogens is 2. The predicted octanol–water partition coefficient (Wildman–Crippen LogP) is 3.69. The molecular formula is C23H23Cl2N5O4S2. The van der Waals surface area contributed by atoms with Gasteiger partial charge in [-0.3, -0.25) is 9.69 Å². The van der Waals surface area contributed by atoms with Gasteiger partial charge in [-0.1, -0.05) is 53.5 Å². The largest absolute Gasteiger partial charge is 0.349 e. The predicted molar refractivity (Wildman–Crippen MR) is 140 cm³/mol. The summed E-state index contributed by atoms with van der Waals surface area (Å²) in [4.78, 5) is 27.7. The van der Waals surface area contributed by atoms with Crippen molar-refractivity contribution >= 4 is 62.2 Å². The third-order valence-corrected chi connectivity index (χ3v) is 9.51. The second-order valence-corrected chi connectivity index (χ2v) is 11.8. The highest BCUT2D eigenvalue weighted by molar-refractivity contribution is 7.91. The summed E-state index contributed by atoms with van der Waals surface area (Å²) in [5.74, 6) is -0.630. The Morgan fingerprint density at radius 1 is 1.03 bits per heavy atom. The van der Waals surface area contributed by atoms with Gasteiger partial charge in [-0.25, -0.2) is 13.2 Å². The molecule has 13 heteroatoms. The molecule has 190 valence electrons. The molecule has 1 aliphatic rings. The van der Waals surface area contributed by atoms with E-state index in [4.69, 9.17) is 28.9 Å². The van der Waals surface area contributed by atoms with Crippen molar-refractivity contribution in [2.24, 2.45) is 5.73 Å². The molecule has 3 aromatic rings. The molecule has 1 aliphatic heterocycles. The Bertz CT molecular complexity index is 1370. The summed E-state index contributed by atoms with van der Waals surface area (Å²) in [6, 6.07) is 14.3. The Morgan fingerprint density at radius 2 is 1.81 bits per heavy atom. The summed E-state index contributed by atoms with van der Waals surface area (Å²) in [6.07, 6.45) is -1.39. The van der Waals surface area contributed by atoms with Crippen LogP contribution in [-0.4, -0.2) is 48.8 Å². The first-order valence-electron chi connectivity index (χ1n) is 10.8. The summed E-state index contributed by atoms with van der Waals surface area (Å²) in [5.41, 5.74) is 7.74. The quantitative estimate of drug-likeness (QED) is 0.401. The number of carbonyl (C=O) groups excluding carboxylic acids is 2. The number of nitrogens with zero attached hydrogens (tertiary/aromatic N) is 2. The minimum atomic E-state index is -4.02. The van der Waals surface area contributed by atoms with Crippen molar-refractivity contribution in [1.82, 2.24) is 14.5 Å². The Labute approximate surface area is 222 Å². The van der Waals surface area contributed by atoms with Crippen LogP contribution in [0.1, 0.15) is 11.1 Å². The van der Waals surface area contributed by atoms with Crippen molar-refractivity contribution in [1.29, 1.82) is 0 Å². The van der Waals surface area contributed by atoms with E-state index in [1.54, 1.807) is 17.5 Å². The Kier molecular flexibility index (Phi) is 8.18. The lowest BCUT2D eigenvalue weighted by Gasteiger charge is -2.28. The number of hydrogen-bond donors (Lipinski definition) is 3. The maximum Gasteiger partial charge on any atom is 0.323 e. The standard InChI is InChI=1S/C23H23Cl2N5O4S2/c24-18-7-6-17(12-19(18)25)28-23(32)29-8-9-30(36(33,34)20-5-2-10-35-20)22(29)21(31)27-14-16-4-1-3-15(11-16)13-26/h1-7,10-12,22H,8-9,13-14,26H2,(H,27,31)(H,28,32). The number of nitrogens with two attached hydrogens (primary N) is 1. The van der Waals surface area contributed by atoms with Crippen LogP contribution in [0.25, 0.3) is 0 Å². The number of carbonyl (C=O) groups is 2. The highest BCUT2D eigenvalue weighted by Gasteiger charge is 2.46. The molecule has 3 amide bonds. The molecule has 0 radical (unpaired) electrons. The molecule has 1 saturated heterocycles. The first-order valence-corrected chi connectivity index (χ1v) is 13.9. The molecule has 4 rings (SSSR count). The van der Waals surface area contributed by atoms with Gasteiger partial charge in [0.25, 0.3) is 15.9 Å². The lowest BCUT2D eigenvalue weighted by Crippen LogP contribution is -2.54. The number of rotatable bonds is 7. The molecule has 2 heterocycles. The van der Waals surface area contributed by atoms with Crippen LogP contribution >= 0.6 is 34.5 Å². The molecule has 1 atom stereocenters. The zero-order valence-electron chi connectivity index (χ0n) is 18.9. The molecular weight excluding hydrogens is 545 g/mol. The summed E-state index contributed by atoms with van der Waals surface area (Å²) in [5, 5.41) is 7.62. The number of nitrogens with one attached hydrogen (secondary N) is 2. The van der Waals surface area contributed by atoms with Crippen LogP contribution in [0.15, 0.2) is 64.2 Å². The lowest BCUT2D eigenvalue weighted by atomic mass is 10.1. The van der Waals surface area contributed by atoms with Gasteiger partial charge in [0.2, 0.25) is 0 Å². The Morgan fingerprint density at radius 3 is 2.50 bits per heavy atom. The Hall–Kier alpha value is -2.67. The van der Waals surface area contributed by atoms with E-state index < -0.39 is 28.1 Å². The molecule has 1 aromatic heterocycles. The van der Waals surface area contributed by atoms with Crippen molar-refractivity contribution in [3.63, 3.8) is 0 Å². The average molecular weight is 569 g/mol. The lowest BCUT2D eigenvalue weighted by molar-refractivity contribution is -0.127. The van der Waals surface area contributed by atoms with Crippen LogP contribution in [0, 0.1) is 0 Å². The fourth-order valence-corrected chi connectivity index (χ4v) is 6.75. The van der Waals surface area contributed by atoms with E-state index in [0.717, 1.165) is 26.8 Å². The molecule has 0 bridgehead atoms. The van der Waals surface area contributed by atoms with Crippen LogP contribution in [0.2, 0.25) is 10.0 Å². The summed E-state index contributed by atoms with van der Waals surface area (Å²) in [6.45, 7) is 0.451. The normalized spacial score (nSPS) is 16.2. The highest BCUT2D eigenvalue weighted by Crippen LogP contribution is 2.29. The number of sulfonamides is 1. The zero-order chi connectivity index (χ0) is 25.9. The second kappa shape index (κ2) is 11.2. The van der Waals surface area contributed by atoms with Gasteiger partial charge in [0.15, 0.2) is 6.17 Å². The first-order chi connectivity index (χ1) is 17.2. The van der Waals surface area contributed by atoms with E-state index in [9.17, 15) is 18.0 Å². The van der Waals surface area contributed by atoms with Gasteiger partial charge in [-0.05, 0) is 40.8 Å². The fourth-order valence-electron chi connectivity index (χ4n) is 3.78. The van der Waals surface area contributed by atoms with Crippen LogP contribution in [-0.2, 0) is 27.9 Å².